The van der Waals surface area contributed by atoms with E-state index in [9.17, 15) is 4.79 Å². The number of amides is 1. The third-order valence-corrected chi connectivity index (χ3v) is 5.04. The smallest absolute Gasteiger partial charge is 0.272 e. The van der Waals surface area contributed by atoms with Gasteiger partial charge in [0.2, 0.25) is 0 Å². The van der Waals surface area contributed by atoms with E-state index in [0.717, 1.165) is 24.1 Å². The molecule has 0 N–H and O–H groups in total. The molecular formula is C20H23N3O3. The Morgan fingerprint density at radius 2 is 2.12 bits per heavy atom. The van der Waals surface area contributed by atoms with Gasteiger partial charge in [0.1, 0.15) is 11.3 Å². The number of hydrogen-bond acceptors (Lipinski definition) is 5. The van der Waals surface area contributed by atoms with Gasteiger partial charge in [0.25, 0.3) is 5.91 Å². The van der Waals surface area contributed by atoms with Gasteiger partial charge < -0.3 is 14.4 Å². The molecule has 2 fully saturated rings. The van der Waals surface area contributed by atoms with Crippen molar-refractivity contribution in [3.8, 4) is 0 Å². The van der Waals surface area contributed by atoms with Crippen LogP contribution in [0.5, 0.6) is 0 Å². The molecule has 4 heterocycles. The van der Waals surface area contributed by atoms with E-state index in [-0.39, 0.29) is 17.6 Å². The lowest BCUT2D eigenvalue weighted by Crippen LogP contribution is -2.67. The van der Waals surface area contributed by atoms with Crippen LogP contribution in [0.4, 0.5) is 0 Å². The van der Waals surface area contributed by atoms with Crippen LogP contribution in [0.25, 0.3) is 0 Å². The lowest BCUT2D eigenvalue weighted by atomic mass is 9.84. The minimum absolute atomic E-state index is 0.0252. The fourth-order valence-electron chi connectivity index (χ4n) is 3.66. The van der Waals surface area contributed by atoms with Crippen molar-refractivity contribution < 1.29 is 14.3 Å². The number of nitrogens with zero attached hydrogens (tertiary/aromatic N) is 3. The molecule has 1 amide bonds. The maximum atomic E-state index is 12.6. The Morgan fingerprint density at radius 1 is 1.31 bits per heavy atom. The summed E-state index contributed by atoms with van der Waals surface area (Å²) in [5, 5.41) is 0. The molecule has 4 rings (SSSR count). The highest BCUT2D eigenvalue weighted by atomic mass is 16.5. The second kappa shape index (κ2) is 7.13. The molecule has 0 bridgehead atoms. The van der Waals surface area contributed by atoms with Crippen LogP contribution in [0.15, 0.2) is 42.7 Å². The van der Waals surface area contributed by atoms with Crippen molar-refractivity contribution in [3.05, 3.63) is 59.7 Å². The van der Waals surface area contributed by atoms with Crippen LogP contribution in [-0.2, 0) is 16.1 Å². The van der Waals surface area contributed by atoms with Gasteiger partial charge in [-0.3, -0.25) is 9.78 Å². The molecule has 0 unspecified atom stereocenters. The second-order valence-electron chi connectivity index (χ2n) is 7.14. The van der Waals surface area contributed by atoms with Crippen molar-refractivity contribution in [2.75, 3.05) is 19.7 Å². The van der Waals surface area contributed by atoms with Gasteiger partial charge in [-0.25, -0.2) is 4.98 Å². The molecule has 6 heteroatoms. The van der Waals surface area contributed by atoms with Crippen LogP contribution < -0.4 is 0 Å². The highest BCUT2D eigenvalue weighted by Crippen LogP contribution is 2.36. The monoisotopic (exact) mass is 353 g/mol. The van der Waals surface area contributed by atoms with Crippen molar-refractivity contribution >= 4 is 5.91 Å². The fourth-order valence-corrected chi connectivity index (χ4v) is 3.66. The lowest BCUT2D eigenvalue weighted by Gasteiger charge is -2.52. The van der Waals surface area contributed by atoms with Gasteiger partial charge >= 0.3 is 0 Å². The Bertz CT molecular complexity index is 775. The zero-order valence-corrected chi connectivity index (χ0v) is 14.9. The molecule has 2 aromatic heterocycles. The molecule has 0 saturated carbocycles. The summed E-state index contributed by atoms with van der Waals surface area (Å²) in [6, 6.07) is 9.46. The summed E-state index contributed by atoms with van der Waals surface area (Å²) in [4.78, 5) is 22.7. The maximum absolute atomic E-state index is 12.6. The molecule has 2 saturated heterocycles. The van der Waals surface area contributed by atoms with Crippen molar-refractivity contribution in [3.63, 3.8) is 0 Å². The van der Waals surface area contributed by atoms with Gasteiger partial charge in [0.15, 0.2) is 0 Å². The minimum Gasteiger partial charge on any atom is -0.373 e. The Kier molecular flexibility index (Phi) is 4.70. The first kappa shape index (κ1) is 17.1. The molecule has 0 aliphatic carbocycles. The molecule has 6 nitrogen and oxygen atoms in total. The van der Waals surface area contributed by atoms with E-state index in [1.807, 2.05) is 36.1 Å². The van der Waals surface area contributed by atoms with Crippen molar-refractivity contribution in [2.24, 2.45) is 0 Å². The number of carbonyl (C=O) groups is 1. The summed E-state index contributed by atoms with van der Waals surface area (Å²) >= 11 is 0. The average molecular weight is 353 g/mol. The topological polar surface area (TPSA) is 64.6 Å². The Labute approximate surface area is 153 Å². The number of carbonyl (C=O) groups excluding carboxylic acids is 1. The standard InChI is InChI=1S/C20H23N3O3/c1-15-3-2-4-18(22-15)19(24)23-13-20(14-23)11-17(7-10-26-20)25-12-16-5-8-21-9-6-16/h2-6,8-9,17H,7,10-14H2,1H3/t17-/m1/s1. The van der Waals surface area contributed by atoms with E-state index < -0.39 is 0 Å². The molecule has 2 aliphatic rings. The van der Waals surface area contributed by atoms with E-state index in [2.05, 4.69) is 9.97 Å². The summed E-state index contributed by atoms with van der Waals surface area (Å²) in [5.74, 6) is -0.0252. The van der Waals surface area contributed by atoms with E-state index >= 15 is 0 Å². The number of aromatic nitrogens is 2. The molecule has 2 aromatic rings. The van der Waals surface area contributed by atoms with Crippen molar-refractivity contribution in [1.82, 2.24) is 14.9 Å². The Balaban J connectivity index is 1.32. The summed E-state index contributed by atoms with van der Waals surface area (Å²) in [6.45, 7) is 4.36. The van der Waals surface area contributed by atoms with Crippen LogP contribution in [0, 0.1) is 6.92 Å². The fraction of sp³-hybridized carbons (Fsp3) is 0.450. The Morgan fingerprint density at radius 3 is 2.88 bits per heavy atom. The number of aryl methyl sites for hydroxylation is 1. The third-order valence-electron chi connectivity index (χ3n) is 5.04. The van der Waals surface area contributed by atoms with Crippen LogP contribution in [0.2, 0.25) is 0 Å². The first-order valence-electron chi connectivity index (χ1n) is 9.01. The highest BCUT2D eigenvalue weighted by Gasteiger charge is 2.49. The summed E-state index contributed by atoms with van der Waals surface area (Å²) < 4.78 is 12.1. The highest BCUT2D eigenvalue weighted by molar-refractivity contribution is 5.93. The summed E-state index contributed by atoms with van der Waals surface area (Å²) in [7, 11) is 0. The minimum atomic E-state index is -0.263. The van der Waals surface area contributed by atoms with E-state index in [1.54, 1.807) is 18.5 Å². The quantitative estimate of drug-likeness (QED) is 0.844. The van der Waals surface area contributed by atoms with Crippen LogP contribution >= 0.6 is 0 Å². The first-order valence-corrected chi connectivity index (χ1v) is 9.01. The van der Waals surface area contributed by atoms with Crippen molar-refractivity contribution in [2.45, 2.75) is 38.1 Å². The summed E-state index contributed by atoms with van der Waals surface area (Å²) in [6.07, 6.45) is 5.42. The van der Waals surface area contributed by atoms with Gasteiger partial charge in [-0.1, -0.05) is 6.07 Å². The number of ether oxygens (including phenoxy) is 2. The molecule has 26 heavy (non-hydrogen) atoms. The average Bonchev–Trinajstić information content (AvgIpc) is 2.65. The molecule has 2 aliphatic heterocycles. The zero-order valence-electron chi connectivity index (χ0n) is 14.9. The Hall–Kier alpha value is -2.31. The predicted molar refractivity (Wildman–Crippen MR) is 95.6 cm³/mol. The number of hydrogen-bond donors (Lipinski definition) is 0. The molecule has 1 atom stereocenters. The van der Waals surface area contributed by atoms with Gasteiger partial charge in [-0.15, -0.1) is 0 Å². The van der Waals surface area contributed by atoms with E-state index in [0.29, 0.717) is 32.0 Å². The van der Waals surface area contributed by atoms with E-state index in [1.165, 1.54) is 0 Å². The van der Waals surface area contributed by atoms with Crippen LogP contribution in [0.1, 0.15) is 34.6 Å². The number of likely N-dealkylation sites (tertiary alicyclic amines) is 1. The lowest BCUT2D eigenvalue weighted by molar-refractivity contribution is -0.188. The van der Waals surface area contributed by atoms with Gasteiger partial charge in [0.05, 0.1) is 25.8 Å². The van der Waals surface area contributed by atoms with Crippen LogP contribution in [-0.4, -0.2) is 52.2 Å². The van der Waals surface area contributed by atoms with E-state index in [4.69, 9.17) is 9.47 Å². The number of pyridine rings is 2. The second-order valence-corrected chi connectivity index (χ2v) is 7.14. The third kappa shape index (κ3) is 3.61. The largest absolute Gasteiger partial charge is 0.373 e. The summed E-state index contributed by atoms with van der Waals surface area (Å²) in [5.41, 5.74) is 2.21. The normalized spacial score (nSPS) is 21.4. The molecule has 0 radical (unpaired) electrons. The molecular weight excluding hydrogens is 330 g/mol. The first-order chi connectivity index (χ1) is 12.6. The maximum Gasteiger partial charge on any atom is 0.272 e. The van der Waals surface area contributed by atoms with Gasteiger partial charge in [-0.2, -0.15) is 0 Å². The van der Waals surface area contributed by atoms with Gasteiger partial charge in [-0.05, 0) is 43.2 Å². The molecule has 136 valence electrons. The zero-order chi connectivity index (χ0) is 18.0. The molecule has 0 aromatic carbocycles. The number of rotatable bonds is 4. The predicted octanol–water partition coefficient (Wildman–Crippen LogP) is 2.38. The molecule has 1 spiro atoms. The van der Waals surface area contributed by atoms with Gasteiger partial charge in [0, 0.05) is 31.1 Å². The van der Waals surface area contributed by atoms with Crippen LogP contribution in [0.3, 0.4) is 0 Å². The van der Waals surface area contributed by atoms with Crippen molar-refractivity contribution in [1.29, 1.82) is 0 Å². The SMILES string of the molecule is Cc1cccc(C(=O)N2CC3(C[C@H](OCc4ccncc4)CCO3)C2)n1.